The van der Waals surface area contributed by atoms with Gasteiger partial charge in [0.1, 0.15) is 40.3 Å². The number of aryl methyl sites for hydroxylation is 5. The molecule has 4 atom stereocenters. The van der Waals surface area contributed by atoms with Crippen LogP contribution in [0.15, 0.2) is 215 Å². The maximum atomic E-state index is 14.3. The molecule has 3 N–H and O–H groups in total. The minimum absolute atomic E-state index is 0.273. The molecule has 580 valence electrons. The summed E-state index contributed by atoms with van der Waals surface area (Å²) in [5.41, 5.74) is 10.5. The number of rotatable bonds is 14. The van der Waals surface area contributed by atoms with Gasteiger partial charge in [-0.05, 0) is 166 Å². The summed E-state index contributed by atoms with van der Waals surface area (Å²) >= 11 is 0. The first-order valence-corrected chi connectivity index (χ1v) is 37.4. The number of hydrogen-bond donors (Lipinski definition) is 3. The number of carbonyl (C=O) groups excluding carboxylic acids is 4. The van der Waals surface area contributed by atoms with Gasteiger partial charge in [-0.1, -0.05) is 102 Å². The Morgan fingerprint density at radius 1 is 0.436 bits per heavy atom. The molecule has 0 aliphatic heterocycles. The van der Waals surface area contributed by atoms with E-state index in [-0.39, 0.29) is 40.5 Å². The number of nitrogens with zero attached hydrogens (tertiary/aromatic N) is 17. The molecule has 3 amide bonds. The summed E-state index contributed by atoms with van der Waals surface area (Å²) in [6, 6.07) is 46.8. The second kappa shape index (κ2) is 33.8. The Hall–Kier alpha value is -15.5. The van der Waals surface area contributed by atoms with Crippen LogP contribution in [0.4, 0.5) is 0 Å². The number of nitrogens with one attached hydrogen (secondary N) is 3. The van der Waals surface area contributed by atoms with Gasteiger partial charge in [-0.3, -0.25) is 51.9 Å². The zero-order chi connectivity index (χ0) is 82.3. The Morgan fingerprint density at radius 3 is 1.12 bits per heavy atom. The summed E-state index contributed by atoms with van der Waals surface area (Å²) in [6.45, 7) is 18.8. The van der Waals surface area contributed by atoms with Crippen LogP contribution < -0.4 is 32.6 Å². The zero-order valence-corrected chi connectivity index (χ0v) is 65.5. The summed E-state index contributed by atoms with van der Waals surface area (Å²) in [7, 11) is 1.88. The minimum atomic E-state index is -0.655. The molecule has 0 fully saturated rings. The normalized spacial score (nSPS) is 12.0. The van der Waals surface area contributed by atoms with Crippen LogP contribution in [0.25, 0.3) is 66.7 Å². The van der Waals surface area contributed by atoms with Crippen molar-refractivity contribution in [3.63, 3.8) is 0 Å². The lowest BCUT2D eigenvalue weighted by atomic mass is 10.1. The van der Waals surface area contributed by atoms with E-state index in [9.17, 15) is 33.6 Å². The lowest BCUT2D eigenvalue weighted by Crippen LogP contribution is -2.33. The van der Waals surface area contributed by atoms with Crippen LogP contribution in [0.2, 0.25) is 0 Å². The standard InChI is InChI=1S/C32H28N8O2.C30H28N6O3.C27H20N6O3/c1-19-25(22(4)38(5)36-19)16-15-23-11-9-14-26-28(23)32(42)40(24-12-7-6-8-13-24)29(35-26)21(3)34-31(41)27-20(2)37-39-18-10-17-33-30(27)39;1-5-39-19(2)15-16-22-11-9-14-24-26(22)30(38)36(23-12-7-6-8-13-23)27(33-24)21(4)32-29(37)25-20(3)34-35-18-10-17-31-28(25)35;1-17-22(25-28-14-8-15-32(25)31-17)26(35)29-18(2)24-30-21-13-6-9-19(10-7-16-34)23(21)27(36)33(24)20-11-4-3-5-12-20/h6-14,17-18,21H,1-5H3,(H,34,41);6-14,17-19,21H,5H2,1-4H3,(H,32,37);3-6,8-9,11-16,18H,1-2H3,(H,29,35)/t21-;19?,21-;18-/m000/s1. The van der Waals surface area contributed by atoms with Crippen LogP contribution in [0.1, 0.15) is 152 Å². The van der Waals surface area contributed by atoms with Crippen molar-refractivity contribution in [1.82, 2.24) is 98.2 Å². The SMILES string of the molecule is CCOC(C)C#Cc1cccc2nc([C@H](C)NC(=O)c3c(C)nn4cccnc34)n(-c3ccccc3)c(=O)c12.Cc1nn(C)c(C)c1C#Cc1cccc2nc([C@H](C)NC(=O)c3c(C)nn4cccnc34)n(-c3ccccc3)c(=O)c12.Cc1nn2cccnc2c1C(=O)N[C@@H](C)c1nc2cccc(C#CC=O)c2c(=O)n1-c1ccccc1. The molecule has 0 bridgehead atoms. The number of benzene rings is 6. The summed E-state index contributed by atoms with van der Waals surface area (Å²) in [6.07, 6.45) is 10.2. The van der Waals surface area contributed by atoms with Gasteiger partial charge >= 0.3 is 0 Å². The first kappa shape index (κ1) is 78.2. The molecule has 0 aliphatic carbocycles. The van der Waals surface area contributed by atoms with Crippen LogP contribution in [0.3, 0.4) is 0 Å². The summed E-state index contributed by atoms with van der Waals surface area (Å²) in [4.78, 5) is 121. The molecular weight excluding hydrogens is 1480 g/mol. The third-order valence-corrected chi connectivity index (χ3v) is 19.3. The van der Waals surface area contributed by atoms with Gasteiger partial charge < -0.3 is 20.7 Å². The minimum Gasteiger partial charge on any atom is -0.366 e. The molecule has 28 heteroatoms. The first-order chi connectivity index (χ1) is 56.6. The molecule has 16 rings (SSSR count). The highest BCUT2D eigenvalue weighted by molar-refractivity contribution is 6.03. The molecule has 0 spiro atoms. The predicted octanol–water partition coefficient (Wildman–Crippen LogP) is 10.8. The number of carbonyl (C=O) groups is 4. The van der Waals surface area contributed by atoms with E-state index < -0.39 is 18.1 Å². The lowest BCUT2D eigenvalue weighted by Gasteiger charge is -2.20. The van der Waals surface area contributed by atoms with E-state index in [4.69, 9.17) is 19.7 Å². The molecule has 0 saturated carbocycles. The van der Waals surface area contributed by atoms with Crippen LogP contribution in [0, 0.1) is 70.1 Å². The average Bonchev–Trinajstić information content (AvgIpc) is 1.70. The Kier molecular flexibility index (Phi) is 22.6. The van der Waals surface area contributed by atoms with E-state index in [2.05, 4.69) is 86.8 Å². The molecule has 0 radical (unpaired) electrons. The summed E-state index contributed by atoms with van der Waals surface area (Å²) < 4.78 is 16.5. The van der Waals surface area contributed by atoms with E-state index >= 15 is 0 Å². The molecular formula is C89H76N20O8. The van der Waals surface area contributed by atoms with Crippen molar-refractivity contribution in [2.75, 3.05) is 6.61 Å². The molecule has 28 nitrogen and oxygen atoms in total. The maximum Gasteiger partial charge on any atom is 0.267 e. The second-order valence-corrected chi connectivity index (χ2v) is 27.2. The van der Waals surface area contributed by atoms with Crippen molar-refractivity contribution in [2.24, 2.45) is 7.05 Å². The largest absolute Gasteiger partial charge is 0.366 e. The van der Waals surface area contributed by atoms with Crippen molar-refractivity contribution in [2.45, 2.75) is 93.5 Å². The quantitative estimate of drug-likeness (QED) is 0.0673. The zero-order valence-electron chi connectivity index (χ0n) is 65.5. The highest BCUT2D eigenvalue weighted by atomic mass is 16.5. The number of aromatic nitrogens is 17. The average molecular weight is 1550 g/mol. The van der Waals surface area contributed by atoms with Gasteiger partial charge in [0.15, 0.2) is 23.2 Å². The molecule has 0 aliphatic rings. The van der Waals surface area contributed by atoms with E-state index in [1.807, 2.05) is 132 Å². The van der Waals surface area contributed by atoms with Gasteiger partial charge in [0.2, 0.25) is 0 Å². The van der Waals surface area contributed by atoms with E-state index in [0.717, 1.165) is 17.0 Å². The number of amides is 3. The Morgan fingerprint density at radius 2 is 0.786 bits per heavy atom. The van der Waals surface area contributed by atoms with Gasteiger partial charge in [0.25, 0.3) is 34.4 Å². The fraction of sp³-hybridized carbons (Fsp3) is 0.180. The first-order valence-electron chi connectivity index (χ1n) is 37.4. The molecule has 1 unspecified atom stereocenters. The topological polar surface area (TPSA) is 327 Å². The van der Waals surface area contributed by atoms with Crippen molar-refractivity contribution >= 4 is 73.7 Å². The van der Waals surface area contributed by atoms with Crippen LogP contribution in [-0.4, -0.2) is 119 Å². The van der Waals surface area contributed by atoms with Gasteiger partial charge in [0, 0.05) is 67.5 Å². The molecule has 10 heterocycles. The maximum absolute atomic E-state index is 14.3. The second-order valence-electron chi connectivity index (χ2n) is 27.2. The van der Waals surface area contributed by atoms with Gasteiger partial charge in [-0.25, -0.2) is 43.5 Å². The van der Waals surface area contributed by atoms with Gasteiger partial charge in [0.05, 0.1) is 102 Å². The van der Waals surface area contributed by atoms with Crippen molar-refractivity contribution < 1.29 is 23.9 Å². The molecule has 0 saturated heterocycles. The Balaban J connectivity index is 0.000000145. The number of fused-ring (bicyclic) bond motifs is 6. The smallest absolute Gasteiger partial charge is 0.267 e. The lowest BCUT2D eigenvalue weighted by molar-refractivity contribution is -0.103. The molecule has 16 aromatic rings. The number of hydrogen-bond acceptors (Lipinski definition) is 18. The third-order valence-electron chi connectivity index (χ3n) is 19.3. The highest BCUT2D eigenvalue weighted by Gasteiger charge is 2.29. The Bertz CT molecular complexity index is 7010. The number of ether oxygens (including phenoxy) is 1. The van der Waals surface area contributed by atoms with Gasteiger partial charge in [-0.15, -0.1) is 0 Å². The summed E-state index contributed by atoms with van der Waals surface area (Å²) in [5, 5.41) is 27.7. The van der Waals surface area contributed by atoms with Gasteiger partial charge in [-0.2, -0.15) is 20.4 Å². The van der Waals surface area contributed by atoms with E-state index in [1.165, 1.54) is 9.13 Å². The predicted molar refractivity (Wildman–Crippen MR) is 442 cm³/mol. The fourth-order valence-corrected chi connectivity index (χ4v) is 13.9. The van der Waals surface area contributed by atoms with Crippen molar-refractivity contribution in [3.8, 4) is 52.6 Å². The van der Waals surface area contributed by atoms with Crippen molar-refractivity contribution in [3.05, 3.63) is 317 Å². The van der Waals surface area contributed by atoms with Crippen LogP contribution in [0.5, 0.6) is 0 Å². The molecule has 10 aromatic heterocycles. The monoisotopic (exact) mass is 1550 g/mol. The fourth-order valence-electron chi connectivity index (χ4n) is 13.9. The third kappa shape index (κ3) is 15.8. The van der Waals surface area contributed by atoms with Crippen LogP contribution in [-0.2, 0) is 16.6 Å². The molecule has 6 aromatic carbocycles. The van der Waals surface area contributed by atoms with Crippen LogP contribution >= 0.6 is 0 Å². The number of aldehydes is 1. The van der Waals surface area contributed by atoms with E-state index in [1.54, 1.807) is 168 Å². The highest BCUT2D eigenvalue weighted by Crippen LogP contribution is 2.27. The Labute approximate surface area is 669 Å². The molecule has 117 heavy (non-hydrogen) atoms. The van der Waals surface area contributed by atoms with E-state index in [0.29, 0.717) is 148 Å². The number of para-hydroxylation sites is 3. The van der Waals surface area contributed by atoms with Crippen molar-refractivity contribution in [1.29, 1.82) is 0 Å². The summed E-state index contributed by atoms with van der Waals surface area (Å²) in [5.74, 6) is 17.7.